The fraction of sp³-hybridized carbons (Fsp3) is 0.355. The van der Waals surface area contributed by atoms with Gasteiger partial charge in [0.05, 0.1) is 6.04 Å². The quantitative estimate of drug-likeness (QED) is 0.0501. The Morgan fingerprint density at radius 1 is 0.783 bits per heavy atom. The lowest BCUT2D eigenvalue weighted by Gasteiger charge is -2.25. The number of amides is 3. The summed E-state index contributed by atoms with van der Waals surface area (Å²) in [5, 5.41) is 27.3. The summed E-state index contributed by atoms with van der Waals surface area (Å²) in [4.78, 5) is 70.3. The number of hydrogen-bond donors (Lipinski definition) is 9. The minimum absolute atomic E-state index is 0.00938. The number of aliphatic imine (C=N–C) groups is 1. The highest BCUT2D eigenvalue weighted by atomic mass is 16.4. The maximum atomic E-state index is 13.7. The first-order valence-electron chi connectivity index (χ1n) is 14.7. The van der Waals surface area contributed by atoms with Crippen LogP contribution in [0, 0.1) is 0 Å². The summed E-state index contributed by atoms with van der Waals surface area (Å²) >= 11 is 0. The van der Waals surface area contributed by atoms with E-state index < -0.39 is 60.2 Å². The molecule has 4 atom stereocenters. The molecule has 3 amide bonds. The molecule has 0 saturated carbocycles. The monoisotopic (exact) mass is 636 g/mol. The molecule has 0 radical (unpaired) electrons. The van der Waals surface area contributed by atoms with Crippen LogP contribution < -0.4 is 33.2 Å². The fourth-order valence-corrected chi connectivity index (χ4v) is 4.81. The van der Waals surface area contributed by atoms with Crippen molar-refractivity contribution < 1.29 is 34.2 Å². The number of H-pyrrole nitrogens is 1. The third-order valence-corrected chi connectivity index (χ3v) is 7.21. The number of aromatic nitrogens is 1. The van der Waals surface area contributed by atoms with Crippen LogP contribution in [0.5, 0.6) is 0 Å². The number of aromatic amines is 1. The molecule has 0 bridgehead atoms. The number of nitrogens with zero attached hydrogens (tertiary/aromatic N) is 1. The molecular weight excluding hydrogens is 596 g/mol. The van der Waals surface area contributed by atoms with Gasteiger partial charge in [0.1, 0.15) is 18.1 Å². The van der Waals surface area contributed by atoms with Crippen LogP contribution in [0.15, 0.2) is 65.8 Å². The number of carbonyl (C=O) groups excluding carboxylic acids is 3. The molecule has 3 rings (SSSR count). The van der Waals surface area contributed by atoms with Crippen LogP contribution >= 0.6 is 0 Å². The first-order valence-corrected chi connectivity index (χ1v) is 14.7. The molecule has 0 aliphatic rings. The molecule has 1 heterocycles. The predicted octanol–water partition coefficient (Wildman–Crippen LogP) is -0.262. The van der Waals surface area contributed by atoms with Crippen molar-refractivity contribution in [2.75, 3.05) is 6.54 Å². The molecule has 0 saturated heterocycles. The van der Waals surface area contributed by atoms with Gasteiger partial charge in [0.2, 0.25) is 17.7 Å². The molecule has 3 aromatic rings. The number of aliphatic carboxylic acids is 2. The molecule has 12 N–H and O–H groups in total. The van der Waals surface area contributed by atoms with Gasteiger partial charge in [0, 0.05) is 36.5 Å². The summed E-state index contributed by atoms with van der Waals surface area (Å²) in [6.45, 7) is 0.128. The molecule has 2 aromatic carbocycles. The normalized spacial score (nSPS) is 13.5. The Kier molecular flexibility index (Phi) is 13.1. The Balaban J connectivity index is 1.81. The molecule has 0 fully saturated rings. The molecule has 0 aliphatic carbocycles. The van der Waals surface area contributed by atoms with E-state index in [0.717, 1.165) is 16.5 Å². The molecule has 4 unspecified atom stereocenters. The Morgan fingerprint density at radius 3 is 2.09 bits per heavy atom. The van der Waals surface area contributed by atoms with Gasteiger partial charge in [-0.05, 0) is 42.9 Å². The number of carbonyl (C=O) groups is 5. The summed E-state index contributed by atoms with van der Waals surface area (Å²) in [6, 6.07) is 11.5. The van der Waals surface area contributed by atoms with E-state index in [1.807, 2.05) is 54.6 Å². The highest BCUT2D eigenvalue weighted by molar-refractivity contribution is 5.95. The highest BCUT2D eigenvalue weighted by Gasteiger charge is 2.31. The van der Waals surface area contributed by atoms with E-state index in [-0.39, 0.29) is 44.6 Å². The number of rotatable bonds is 18. The van der Waals surface area contributed by atoms with Crippen molar-refractivity contribution in [3.05, 3.63) is 71.9 Å². The second-order valence-corrected chi connectivity index (χ2v) is 10.8. The van der Waals surface area contributed by atoms with Crippen molar-refractivity contribution in [2.24, 2.45) is 22.2 Å². The van der Waals surface area contributed by atoms with Gasteiger partial charge in [-0.15, -0.1) is 0 Å². The lowest BCUT2D eigenvalue weighted by molar-refractivity contribution is -0.143. The summed E-state index contributed by atoms with van der Waals surface area (Å²) in [7, 11) is 0. The average Bonchev–Trinajstić information content (AvgIpc) is 3.42. The van der Waals surface area contributed by atoms with Gasteiger partial charge in [0.15, 0.2) is 5.96 Å². The van der Waals surface area contributed by atoms with Crippen LogP contribution in [0.3, 0.4) is 0 Å². The number of carboxylic acids is 2. The van der Waals surface area contributed by atoms with Crippen molar-refractivity contribution in [3.8, 4) is 0 Å². The average molecular weight is 637 g/mol. The number of hydrogen-bond acceptors (Lipinski definition) is 7. The van der Waals surface area contributed by atoms with Gasteiger partial charge >= 0.3 is 11.9 Å². The van der Waals surface area contributed by atoms with E-state index in [2.05, 4.69) is 25.9 Å². The van der Waals surface area contributed by atoms with Gasteiger partial charge in [-0.2, -0.15) is 0 Å². The first kappa shape index (κ1) is 35.0. The van der Waals surface area contributed by atoms with Crippen LogP contribution in [0.1, 0.15) is 36.8 Å². The zero-order chi connectivity index (χ0) is 33.6. The summed E-state index contributed by atoms with van der Waals surface area (Å²) in [6.07, 6.45) is 1.28. The Bertz CT molecular complexity index is 1540. The Hall–Kier alpha value is -5.44. The largest absolute Gasteiger partial charge is 0.481 e. The Morgan fingerprint density at radius 2 is 1.41 bits per heavy atom. The zero-order valence-electron chi connectivity index (χ0n) is 25.1. The van der Waals surface area contributed by atoms with E-state index in [1.54, 1.807) is 6.20 Å². The standard InChI is InChI=1S/C31H40N8O7/c32-21(15-18-7-2-1-3-8-18)27(42)39-25(16-19-17-36-22-10-5-4-9-20(19)22)29(44)37-23(12-13-26(40)41)28(43)38-24(30(45)46)11-6-14-35-31(33)34/h1-5,7-10,17,21,23-25,36H,6,11-16,32H2,(H,37,44)(H,38,43)(H,39,42)(H,40,41)(H,45,46)(H4,33,34,35). The number of fused-ring (bicyclic) bond motifs is 1. The molecule has 15 nitrogen and oxygen atoms in total. The topological polar surface area (TPSA) is 268 Å². The number of benzene rings is 2. The second-order valence-electron chi connectivity index (χ2n) is 10.8. The number of guanidine groups is 1. The van der Waals surface area contributed by atoms with Crippen molar-refractivity contribution in [1.29, 1.82) is 0 Å². The number of nitrogens with one attached hydrogen (secondary N) is 4. The number of carboxylic acid groups (broad SMARTS) is 2. The minimum Gasteiger partial charge on any atom is -0.481 e. The molecule has 15 heteroatoms. The van der Waals surface area contributed by atoms with Crippen molar-refractivity contribution in [2.45, 2.75) is 62.7 Å². The third kappa shape index (κ3) is 10.9. The van der Waals surface area contributed by atoms with Crippen molar-refractivity contribution in [1.82, 2.24) is 20.9 Å². The van der Waals surface area contributed by atoms with E-state index in [4.69, 9.17) is 17.2 Å². The molecule has 0 spiro atoms. The van der Waals surface area contributed by atoms with Crippen molar-refractivity contribution >= 4 is 46.5 Å². The minimum atomic E-state index is -1.43. The summed E-state index contributed by atoms with van der Waals surface area (Å²) in [5.41, 5.74) is 19.1. The molecule has 246 valence electrons. The van der Waals surface area contributed by atoms with Gasteiger partial charge in [-0.1, -0.05) is 48.5 Å². The van der Waals surface area contributed by atoms with E-state index in [9.17, 15) is 34.2 Å². The number of nitrogens with two attached hydrogens (primary N) is 3. The maximum Gasteiger partial charge on any atom is 0.326 e. The zero-order valence-corrected chi connectivity index (χ0v) is 25.1. The van der Waals surface area contributed by atoms with Gasteiger partial charge in [-0.25, -0.2) is 4.79 Å². The predicted molar refractivity (Wildman–Crippen MR) is 170 cm³/mol. The van der Waals surface area contributed by atoms with Crippen LogP contribution in [0.25, 0.3) is 10.9 Å². The SMILES string of the molecule is NC(N)=NCCCC(NC(=O)C(CCC(=O)O)NC(=O)C(Cc1c[nH]c2ccccc12)NC(=O)C(N)Cc1ccccc1)C(=O)O. The van der Waals surface area contributed by atoms with Gasteiger partial charge < -0.3 is 48.3 Å². The highest BCUT2D eigenvalue weighted by Crippen LogP contribution is 2.19. The van der Waals surface area contributed by atoms with E-state index in [1.165, 1.54) is 0 Å². The molecular formula is C31H40N8O7. The van der Waals surface area contributed by atoms with Crippen LogP contribution in [-0.4, -0.2) is 81.5 Å². The Labute approximate surface area is 265 Å². The molecule has 0 aliphatic heterocycles. The van der Waals surface area contributed by atoms with E-state index >= 15 is 0 Å². The van der Waals surface area contributed by atoms with E-state index in [0.29, 0.717) is 5.56 Å². The van der Waals surface area contributed by atoms with Gasteiger partial charge in [-0.3, -0.25) is 24.2 Å². The van der Waals surface area contributed by atoms with Crippen LogP contribution in [0.2, 0.25) is 0 Å². The smallest absolute Gasteiger partial charge is 0.326 e. The number of para-hydroxylation sites is 1. The molecule has 1 aromatic heterocycles. The lowest BCUT2D eigenvalue weighted by atomic mass is 10.0. The summed E-state index contributed by atoms with van der Waals surface area (Å²) in [5.74, 6) is -5.02. The fourth-order valence-electron chi connectivity index (χ4n) is 4.81. The summed E-state index contributed by atoms with van der Waals surface area (Å²) < 4.78 is 0. The third-order valence-electron chi connectivity index (χ3n) is 7.21. The maximum absolute atomic E-state index is 13.7. The first-order chi connectivity index (χ1) is 21.9. The molecule has 46 heavy (non-hydrogen) atoms. The van der Waals surface area contributed by atoms with Crippen molar-refractivity contribution in [3.63, 3.8) is 0 Å². The van der Waals surface area contributed by atoms with Crippen LogP contribution in [-0.2, 0) is 36.8 Å². The lowest BCUT2D eigenvalue weighted by Crippen LogP contribution is -2.57. The van der Waals surface area contributed by atoms with Crippen LogP contribution in [0.4, 0.5) is 0 Å². The van der Waals surface area contributed by atoms with Gasteiger partial charge in [0.25, 0.3) is 0 Å². The second kappa shape index (κ2) is 17.2.